The van der Waals surface area contributed by atoms with Crippen molar-refractivity contribution in [3.05, 3.63) is 17.0 Å². The third kappa shape index (κ3) is 3.10. The number of carbonyl (C=O) groups excluding carboxylic acids is 2. The SMILES string of the molecule is CC(C)NC(=O)[C@@H]1C[C@@H](N)CN1C(=O)c1n[nH]c2c1CCCC2. The smallest absolute Gasteiger partial charge is 0.275 e. The number of nitrogens with two attached hydrogens (primary N) is 1. The Bertz CT molecular complexity index is 610. The van der Waals surface area contributed by atoms with Crippen molar-refractivity contribution in [1.82, 2.24) is 20.4 Å². The molecule has 0 saturated carbocycles. The van der Waals surface area contributed by atoms with E-state index in [1.54, 1.807) is 4.90 Å². The van der Waals surface area contributed by atoms with Gasteiger partial charge in [0.25, 0.3) is 5.91 Å². The average Bonchev–Trinajstić information content (AvgIpc) is 3.09. The Labute approximate surface area is 136 Å². The quantitative estimate of drug-likeness (QED) is 0.748. The number of aromatic amines is 1. The summed E-state index contributed by atoms with van der Waals surface area (Å²) < 4.78 is 0. The van der Waals surface area contributed by atoms with Crippen LogP contribution >= 0.6 is 0 Å². The van der Waals surface area contributed by atoms with E-state index in [1.807, 2.05) is 13.8 Å². The summed E-state index contributed by atoms with van der Waals surface area (Å²) in [4.78, 5) is 26.9. The van der Waals surface area contributed by atoms with Gasteiger partial charge in [-0.1, -0.05) is 0 Å². The highest BCUT2D eigenvalue weighted by molar-refractivity contribution is 5.98. The van der Waals surface area contributed by atoms with E-state index in [9.17, 15) is 9.59 Å². The Morgan fingerprint density at radius 2 is 2.09 bits per heavy atom. The van der Waals surface area contributed by atoms with Crippen LogP contribution in [0.5, 0.6) is 0 Å². The lowest BCUT2D eigenvalue weighted by atomic mass is 9.95. The number of rotatable bonds is 3. The topological polar surface area (TPSA) is 104 Å². The minimum Gasteiger partial charge on any atom is -0.352 e. The second kappa shape index (κ2) is 6.31. The standard InChI is InChI=1S/C16H25N5O2/c1-9(2)18-15(22)13-7-10(17)8-21(13)16(23)14-11-5-3-4-6-12(11)19-20-14/h9-10,13H,3-8,17H2,1-2H3,(H,18,22)(H,19,20)/t10-,13+/m1/s1. The Balaban J connectivity index is 1.82. The van der Waals surface area contributed by atoms with Gasteiger partial charge in [0.15, 0.2) is 5.69 Å². The van der Waals surface area contributed by atoms with Crippen LogP contribution in [0.4, 0.5) is 0 Å². The van der Waals surface area contributed by atoms with Crippen molar-refractivity contribution in [1.29, 1.82) is 0 Å². The van der Waals surface area contributed by atoms with Crippen LogP contribution in [0.25, 0.3) is 0 Å². The highest BCUT2D eigenvalue weighted by Crippen LogP contribution is 2.26. The fourth-order valence-corrected chi connectivity index (χ4v) is 3.52. The second-order valence-corrected chi connectivity index (χ2v) is 6.87. The molecule has 1 aromatic rings. The molecule has 3 rings (SSSR count). The van der Waals surface area contributed by atoms with Gasteiger partial charge in [0.2, 0.25) is 5.91 Å². The van der Waals surface area contributed by atoms with E-state index in [2.05, 4.69) is 15.5 Å². The van der Waals surface area contributed by atoms with Crippen molar-refractivity contribution in [2.45, 2.75) is 64.1 Å². The first-order valence-electron chi connectivity index (χ1n) is 8.40. The molecule has 7 nitrogen and oxygen atoms in total. The van der Waals surface area contributed by atoms with E-state index < -0.39 is 6.04 Å². The fraction of sp³-hybridized carbons (Fsp3) is 0.688. The van der Waals surface area contributed by atoms with Crippen LogP contribution in [0.2, 0.25) is 0 Å². The number of aryl methyl sites for hydroxylation is 1. The van der Waals surface area contributed by atoms with Crippen LogP contribution in [0, 0.1) is 0 Å². The molecule has 2 aliphatic rings. The number of nitrogens with zero attached hydrogens (tertiary/aromatic N) is 2. The molecule has 7 heteroatoms. The van der Waals surface area contributed by atoms with E-state index >= 15 is 0 Å². The number of fused-ring (bicyclic) bond motifs is 1. The molecule has 0 aromatic carbocycles. The molecule has 126 valence electrons. The number of H-pyrrole nitrogens is 1. The molecule has 2 amide bonds. The van der Waals surface area contributed by atoms with Gasteiger partial charge in [0.05, 0.1) is 0 Å². The minimum atomic E-state index is -0.504. The zero-order valence-electron chi connectivity index (χ0n) is 13.8. The molecule has 0 spiro atoms. The molecule has 1 saturated heterocycles. The molecular weight excluding hydrogens is 294 g/mol. The average molecular weight is 319 g/mol. The van der Waals surface area contributed by atoms with Crippen LogP contribution in [0.3, 0.4) is 0 Å². The van der Waals surface area contributed by atoms with Crippen molar-refractivity contribution in [3.63, 3.8) is 0 Å². The molecule has 2 heterocycles. The summed E-state index contributed by atoms with van der Waals surface area (Å²) in [5.74, 6) is -0.313. The van der Waals surface area contributed by atoms with Crippen molar-refractivity contribution in [3.8, 4) is 0 Å². The molecule has 1 aliphatic carbocycles. The van der Waals surface area contributed by atoms with Crippen molar-refractivity contribution in [2.24, 2.45) is 5.73 Å². The Morgan fingerprint density at radius 1 is 1.35 bits per heavy atom. The third-order valence-electron chi connectivity index (χ3n) is 4.59. The maximum atomic E-state index is 12.9. The van der Waals surface area contributed by atoms with Crippen LogP contribution in [0.1, 0.15) is 54.9 Å². The molecular formula is C16H25N5O2. The molecule has 1 fully saturated rings. The fourth-order valence-electron chi connectivity index (χ4n) is 3.52. The van der Waals surface area contributed by atoms with Gasteiger partial charge < -0.3 is 16.0 Å². The van der Waals surface area contributed by atoms with Gasteiger partial charge in [0, 0.05) is 29.9 Å². The number of nitrogens with one attached hydrogen (secondary N) is 2. The Hall–Kier alpha value is -1.89. The maximum absolute atomic E-state index is 12.9. The van der Waals surface area contributed by atoms with Gasteiger partial charge in [0.1, 0.15) is 6.04 Å². The Kier molecular flexibility index (Phi) is 4.39. The number of aromatic nitrogens is 2. The summed E-state index contributed by atoms with van der Waals surface area (Å²) in [5, 5.41) is 10.1. The first-order valence-corrected chi connectivity index (χ1v) is 8.40. The van der Waals surface area contributed by atoms with E-state index in [4.69, 9.17) is 5.73 Å². The van der Waals surface area contributed by atoms with Gasteiger partial charge in [-0.3, -0.25) is 14.7 Å². The number of hydrogen-bond donors (Lipinski definition) is 3. The summed E-state index contributed by atoms with van der Waals surface area (Å²) in [5.41, 5.74) is 8.56. The molecule has 23 heavy (non-hydrogen) atoms. The van der Waals surface area contributed by atoms with Gasteiger partial charge >= 0.3 is 0 Å². The summed E-state index contributed by atoms with van der Waals surface area (Å²) in [6.45, 7) is 4.21. The van der Waals surface area contributed by atoms with E-state index in [0.717, 1.165) is 36.9 Å². The predicted octanol–water partition coefficient (Wildman–Crippen LogP) is 0.355. The lowest BCUT2D eigenvalue weighted by Crippen LogP contribution is -2.48. The molecule has 0 bridgehead atoms. The number of likely N-dealkylation sites (tertiary alicyclic amines) is 1. The van der Waals surface area contributed by atoms with Crippen molar-refractivity contribution in [2.75, 3.05) is 6.54 Å². The maximum Gasteiger partial charge on any atom is 0.275 e. The summed E-state index contributed by atoms with van der Waals surface area (Å²) in [6.07, 6.45) is 4.50. The number of hydrogen-bond acceptors (Lipinski definition) is 4. The normalized spacial score (nSPS) is 23.9. The van der Waals surface area contributed by atoms with Crippen LogP contribution in [-0.2, 0) is 17.6 Å². The van der Waals surface area contributed by atoms with E-state index in [-0.39, 0.29) is 23.9 Å². The zero-order chi connectivity index (χ0) is 16.6. The van der Waals surface area contributed by atoms with Gasteiger partial charge in [-0.2, -0.15) is 5.10 Å². The Morgan fingerprint density at radius 3 is 2.83 bits per heavy atom. The largest absolute Gasteiger partial charge is 0.352 e. The van der Waals surface area contributed by atoms with E-state index in [1.165, 1.54) is 0 Å². The lowest BCUT2D eigenvalue weighted by Gasteiger charge is -2.24. The molecule has 0 unspecified atom stereocenters. The zero-order valence-corrected chi connectivity index (χ0v) is 13.8. The molecule has 0 radical (unpaired) electrons. The highest BCUT2D eigenvalue weighted by atomic mass is 16.2. The summed E-state index contributed by atoms with van der Waals surface area (Å²) in [7, 11) is 0. The van der Waals surface area contributed by atoms with Crippen LogP contribution in [-0.4, -0.2) is 51.6 Å². The molecule has 2 atom stereocenters. The van der Waals surface area contributed by atoms with Gasteiger partial charge in [-0.15, -0.1) is 0 Å². The van der Waals surface area contributed by atoms with Crippen LogP contribution < -0.4 is 11.1 Å². The molecule has 1 aromatic heterocycles. The van der Waals surface area contributed by atoms with Crippen molar-refractivity contribution >= 4 is 11.8 Å². The van der Waals surface area contributed by atoms with Crippen molar-refractivity contribution < 1.29 is 9.59 Å². The lowest BCUT2D eigenvalue weighted by molar-refractivity contribution is -0.125. The second-order valence-electron chi connectivity index (χ2n) is 6.87. The predicted molar refractivity (Wildman–Crippen MR) is 85.9 cm³/mol. The monoisotopic (exact) mass is 319 g/mol. The molecule has 4 N–H and O–H groups in total. The first-order chi connectivity index (χ1) is 11.0. The highest BCUT2D eigenvalue weighted by Gasteiger charge is 2.40. The first kappa shape index (κ1) is 16.0. The number of amides is 2. The molecule has 1 aliphatic heterocycles. The summed E-state index contributed by atoms with van der Waals surface area (Å²) in [6, 6.07) is -0.637. The van der Waals surface area contributed by atoms with Gasteiger partial charge in [-0.05, 0) is 46.0 Å². The minimum absolute atomic E-state index is 0.0365. The van der Waals surface area contributed by atoms with Gasteiger partial charge in [-0.25, -0.2) is 0 Å². The summed E-state index contributed by atoms with van der Waals surface area (Å²) >= 11 is 0. The third-order valence-corrected chi connectivity index (χ3v) is 4.59. The van der Waals surface area contributed by atoms with E-state index in [0.29, 0.717) is 18.7 Å². The van der Waals surface area contributed by atoms with Crippen LogP contribution in [0.15, 0.2) is 0 Å². The number of carbonyl (C=O) groups is 2.